The molecule has 6 N–H and O–H groups in total. The fraction of sp³-hybridized carbons (Fsp3) is 0.211. The first-order chi connectivity index (χ1) is 13.3. The summed E-state index contributed by atoms with van der Waals surface area (Å²) in [4.78, 5) is 22.7. The monoisotopic (exact) mass is 387 g/mol. The zero-order valence-corrected chi connectivity index (χ0v) is 15.1. The van der Waals surface area contributed by atoms with Crippen molar-refractivity contribution in [2.45, 2.75) is 13.0 Å². The highest BCUT2D eigenvalue weighted by atomic mass is 16.5. The van der Waals surface area contributed by atoms with E-state index in [4.69, 9.17) is 25.7 Å². The van der Waals surface area contributed by atoms with Crippen molar-refractivity contribution in [1.82, 2.24) is 0 Å². The van der Waals surface area contributed by atoms with Crippen molar-refractivity contribution in [3.63, 3.8) is 0 Å². The lowest BCUT2D eigenvalue weighted by atomic mass is 10.0. The van der Waals surface area contributed by atoms with Gasteiger partial charge < -0.3 is 30.7 Å². The number of hydrogen-bond acceptors (Lipinski definition) is 6. The van der Waals surface area contributed by atoms with E-state index in [-0.39, 0.29) is 17.1 Å². The molecule has 0 aliphatic rings. The topological polar surface area (TPSA) is 155 Å². The van der Waals surface area contributed by atoms with Gasteiger partial charge in [0.25, 0.3) is 0 Å². The number of aliphatic carboxylic acids is 2. The molecule has 2 aromatic carbocycles. The van der Waals surface area contributed by atoms with Crippen LogP contribution in [0.5, 0.6) is 11.5 Å². The Morgan fingerprint density at radius 2 is 1.82 bits per heavy atom. The number of nitrogen functional groups attached to an aromatic ring is 1. The summed E-state index contributed by atoms with van der Waals surface area (Å²) in [6, 6.07) is 9.67. The van der Waals surface area contributed by atoms with Crippen LogP contribution in [0.1, 0.15) is 24.1 Å². The van der Waals surface area contributed by atoms with Crippen LogP contribution in [-0.4, -0.2) is 41.2 Å². The van der Waals surface area contributed by atoms with Gasteiger partial charge in [-0.05, 0) is 49.4 Å². The molecule has 1 atom stereocenters. The number of carboxylic acid groups (broad SMARTS) is 2. The van der Waals surface area contributed by atoms with E-state index in [0.29, 0.717) is 23.6 Å². The van der Waals surface area contributed by atoms with Gasteiger partial charge in [-0.25, -0.2) is 9.59 Å². The third-order valence-corrected chi connectivity index (χ3v) is 3.71. The molecule has 0 saturated heterocycles. The van der Waals surface area contributed by atoms with Crippen molar-refractivity contribution in [2.24, 2.45) is 5.73 Å². The van der Waals surface area contributed by atoms with Crippen molar-refractivity contribution in [2.75, 3.05) is 18.5 Å². The first kappa shape index (κ1) is 20.6. The molecule has 0 aromatic heterocycles. The number of hydrogen-bond donors (Lipinski definition) is 5. The Balaban J connectivity index is 2.38. The molecular formula is C19H21N3O6. The van der Waals surface area contributed by atoms with Gasteiger partial charge in [0.1, 0.15) is 17.3 Å². The number of nitrogens with two attached hydrogens (primary N) is 1. The van der Waals surface area contributed by atoms with Gasteiger partial charge in [-0.15, -0.1) is 0 Å². The van der Waals surface area contributed by atoms with E-state index in [1.165, 1.54) is 12.1 Å². The van der Waals surface area contributed by atoms with Gasteiger partial charge in [0.2, 0.25) is 0 Å². The summed E-state index contributed by atoms with van der Waals surface area (Å²) in [7, 11) is 0. The van der Waals surface area contributed by atoms with Crippen molar-refractivity contribution in [1.29, 1.82) is 5.41 Å². The number of carbonyl (C=O) groups is 2. The second-order valence-corrected chi connectivity index (χ2v) is 5.72. The summed E-state index contributed by atoms with van der Waals surface area (Å²) in [5, 5.41) is 28.8. The zero-order valence-electron chi connectivity index (χ0n) is 15.1. The van der Waals surface area contributed by atoms with E-state index >= 15 is 0 Å². The van der Waals surface area contributed by atoms with Crippen LogP contribution in [0.25, 0.3) is 0 Å². The van der Waals surface area contributed by atoms with E-state index in [2.05, 4.69) is 5.32 Å². The highest BCUT2D eigenvalue weighted by Crippen LogP contribution is 2.32. The normalized spacial score (nSPS) is 11.3. The summed E-state index contributed by atoms with van der Waals surface area (Å²) in [5.74, 6) is -1.93. The van der Waals surface area contributed by atoms with E-state index in [1.807, 2.05) is 0 Å². The molecule has 0 fully saturated rings. The third kappa shape index (κ3) is 5.37. The van der Waals surface area contributed by atoms with E-state index in [0.717, 1.165) is 0 Å². The number of amidine groups is 1. The summed E-state index contributed by atoms with van der Waals surface area (Å²) in [6.07, 6.45) is 0. The first-order valence-electron chi connectivity index (χ1n) is 8.37. The smallest absolute Gasteiger partial charge is 0.341 e. The van der Waals surface area contributed by atoms with Gasteiger partial charge in [0.05, 0.1) is 6.61 Å². The Kier molecular flexibility index (Phi) is 6.80. The third-order valence-electron chi connectivity index (χ3n) is 3.71. The fourth-order valence-corrected chi connectivity index (χ4v) is 2.46. The molecule has 148 valence electrons. The molecule has 0 aliphatic carbocycles. The summed E-state index contributed by atoms with van der Waals surface area (Å²) < 4.78 is 10.7. The van der Waals surface area contributed by atoms with E-state index in [1.54, 1.807) is 37.3 Å². The van der Waals surface area contributed by atoms with Crippen molar-refractivity contribution < 1.29 is 29.3 Å². The van der Waals surface area contributed by atoms with Crippen LogP contribution >= 0.6 is 0 Å². The Morgan fingerprint density at radius 3 is 2.36 bits per heavy atom. The Labute approximate surface area is 161 Å². The summed E-state index contributed by atoms with van der Waals surface area (Å²) in [6.45, 7) is 1.56. The molecule has 9 heteroatoms. The SMILES string of the molecule is CCOc1ccc(OCC(=O)O)c(C(Nc2ccc(C(=N)N)cc2)C(=O)O)c1. The largest absolute Gasteiger partial charge is 0.494 e. The second kappa shape index (κ2) is 9.26. The molecule has 9 nitrogen and oxygen atoms in total. The minimum absolute atomic E-state index is 0.102. The molecule has 0 spiro atoms. The standard InChI is InChI=1S/C19H21N3O6/c1-2-27-13-7-8-15(28-10-16(23)24)14(9-13)17(19(25)26)22-12-5-3-11(4-6-12)18(20)21/h3-9,17,22H,2,10H2,1H3,(H3,20,21)(H,23,24)(H,25,26). The highest BCUT2D eigenvalue weighted by Gasteiger charge is 2.25. The molecule has 0 bridgehead atoms. The van der Waals surface area contributed by atoms with Crippen molar-refractivity contribution in [3.8, 4) is 11.5 Å². The molecule has 0 saturated carbocycles. The number of benzene rings is 2. The fourth-order valence-electron chi connectivity index (χ4n) is 2.46. The zero-order chi connectivity index (χ0) is 20.7. The average molecular weight is 387 g/mol. The number of carboxylic acids is 2. The molecule has 0 aliphatic heterocycles. The molecule has 2 aromatic rings. The lowest BCUT2D eigenvalue weighted by Gasteiger charge is -2.20. The summed E-state index contributed by atoms with van der Waals surface area (Å²) >= 11 is 0. The highest BCUT2D eigenvalue weighted by molar-refractivity contribution is 5.95. The maximum Gasteiger partial charge on any atom is 0.341 e. The van der Waals surface area contributed by atoms with Crippen LogP contribution in [0, 0.1) is 5.41 Å². The molecule has 1 unspecified atom stereocenters. The van der Waals surface area contributed by atoms with Gasteiger partial charge in [-0.1, -0.05) is 0 Å². The number of ether oxygens (including phenoxy) is 2. The Hall–Kier alpha value is -3.75. The van der Waals surface area contributed by atoms with Crippen LogP contribution in [0.2, 0.25) is 0 Å². The maximum absolute atomic E-state index is 11.9. The number of anilines is 1. The molecule has 0 radical (unpaired) electrons. The van der Waals surface area contributed by atoms with Gasteiger partial charge in [-0.3, -0.25) is 5.41 Å². The minimum atomic E-state index is -1.23. The van der Waals surface area contributed by atoms with Crippen molar-refractivity contribution >= 4 is 23.5 Å². The molecule has 0 amide bonds. The van der Waals surface area contributed by atoms with Crippen LogP contribution in [-0.2, 0) is 9.59 Å². The summed E-state index contributed by atoms with van der Waals surface area (Å²) in [5.41, 5.74) is 6.61. The lowest BCUT2D eigenvalue weighted by molar-refractivity contribution is -0.139. The predicted molar refractivity (Wildman–Crippen MR) is 102 cm³/mol. The van der Waals surface area contributed by atoms with Crippen LogP contribution in [0.15, 0.2) is 42.5 Å². The van der Waals surface area contributed by atoms with Gasteiger partial charge in [0, 0.05) is 16.8 Å². The number of rotatable bonds is 10. The average Bonchev–Trinajstić information content (AvgIpc) is 2.65. The van der Waals surface area contributed by atoms with Gasteiger partial charge in [0.15, 0.2) is 12.6 Å². The van der Waals surface area contributed by atoms with Crippen LogP contribution in [0.3, 0.4) is 0 Å². The van der Waals surface area contributed by atoms with Gasteiger partial charge >= 0.3 is 11.9 Å². The Morgan fingerprint density at radius 1 is 1.14 bits per heavy atom. The first-order valence-corrected chi connectivity index (χ1v) is 8.37. The van der Waals surface area contributed by atoms with Crippen LogP contribution in [0.4, 0.5) is 5.69 Å². The molecule has 2 rings (SSSR count). The minimum Gasteiger partial charge on any atom is -0.494 e. The lowest BCUT2D eigenvalue weighted by Crippen LogP contribution is -2.22. The maximum atomic E-state index is 11.9. The van der Waals surface area contributed by atoms with Crippen molar-refractivity contribution in [3.05, 3.63) is 53.6 Å². The predicted octanol–water partition coefficient (Wildman–Crippen LogP) is 2.07. The molecule has 28 heavy (non-hydrogen) atoms. The quantitative estimate of drug-likeness (QED) is 0.306. The molecule has 0 heterocycles. The van der Waals surface area contributed by atoms with E-state index in [9.17, 15) is 14.7 Å². The second-order valence-electron chi connectivity index (χ2n) is 5.72. The van der Waals surface area contributed by atoms with E-state index < -0.39 is 24.6 Å². The Bertz CT molecular complexity index is 866. The van der Waals surface area contributed by atoms with Gasteiger partial charge in [-0.2, -0.15) is 0 Å². The number of nitrogens with one attached hydrogen (secondary N) is 2. The van der Waals surface area contributed by atoms with Crippen LogP contribution < -0.4 is 20.5 Å². The molecular weight excluding hydrogens is 366 g/mol.